The number of non-ortho nitro benzene ring substituents is 1. The average Bonchev–Trinajstić information content (AvgIpc) is 3.15. The number of amides is 1. The first-order chi connectivity index (χ1) is 15.9. The van der Waals surface area contributed by atoms with Crippen molar-refractivity contribution in [3.05, 3.63) is 117 Å². The first-order valence-corrected chi connectivity index (χ1v) is 10.1. The third-order valence-electron chi connectivity index (χ3n) is 5.30. The SMILES string of the molecule is COC(=O)c1ccc(N2C(=O)/C(=C/c3ccc([N+](=O)[O-])cc3)C=C2c2ccc(C)cc2)cc1. The number of esters is 1. The van der Waals surface area contributed by atoms with Crippen molar-refractivity contribution in [3.63, 3.8) is 0 Å². The lowest BCUT2D eigenvalue weighted by atomic mass is 10.1. The molecular formula is C26H20N2O5. The molecule has 0 atom stereocenters. The molecule has 0 saturated heterocycles. The van der Waals surface area contributed by atoms with Gasteiger partial charge < -0.3 is 4.74 Å². The van der Waals surface area contributed by atoms with E-state index in [1.54, 1.807) is 53.5 Å². The van der Waals surface area contributed by atoms with Gasteiger partial charge in [-0.1, -0.05) is 29.8 Å². The highest BCUT2D eigenvalue weighted by Gasteiger charge is 2.30. The molecular weight excluding hydrogens is 420 g/mol. The summed E-state index contributed by atoms with van der Waals surface area (Å²) in [4.78, 5) is 37.2. The van der Waals surface area contributed by atoms with E-state index in [4.69, 9.17) is 4.74 Å². The highest BCUT2D eigenvalue weighted by atomic mass is 16.6. The second-order valence-corrected chi connectivity index (χ2v) is 7.52. The molecule has 0 spiro atoms. The van der Waals surface area contributed by atoms with Crippen molar-refractivity contribution in [2.45, 2.75) is 6.92 Å². The third kappa shape index (κ3) is 4.43. The van der Waals surface area contributed by atoms with E-state index >= 15 is 0 Å². The van der Waals surface area contributed by atoms with Crippen LogP contribution in [0.3, 0.4) is 0 Å². The van der Waals surface area contributed by atoms with Crippen LogP contribution in [-0.4, -0.2) is 23.9 Å². The summed E-state index contributed by atoms with van der Waals surface area (Å²) in [6, 6.07) is 20.4. The quantitative estimate of drug-likeness (QED) is 0.237. The zero-order valence-corrected chi connectivity index (χ0v) is 18.0. The van der Waals surface area contributed by atoms with Crippen LogP contribution in [0.5, 0.6) is 0 Å². The summed E-state index contributed by atoms with van der Waals surface area (Å²) in [7, 11) is 1.31. The van der Waals surface area contributed by atoms with Gasteiger partial charge in [-0.05, 0) is 66.6 Å². The van der Waals surface area contributed by atoms with Gasteiger partial charge in [0, 0.05) is 23.4 Å². The Morgan fingerprint density at radius 2 is 1.61 bits per heavy atom. The fourth-order valence-corrected chi connectivity index (χ4v) is 3.54. The Hall–Kier alpha value is -4.52. The van der Waals surface area contributed by atoms with Gasteiger partial charge in [0.05, 0.1) is 23.3 Å². The third-order valence-corrected chi connectivity index (χ3v) is 5.30. The molecule has 0 unspecified atom stereocenters. The van der Waals surface area contributed by atoms with E-state index in [0.29, 0.717) is 28.1 Å². The highest BCUT2D eigenvalue weighted by molar-refractivity contribution is 6.23. The Kier molecular flexibility index (Phi) is 5.87. The maximum atomic E-state index is 13.4. The molecule has 3 aromatic carbocycles. The molecule has 0 fully saturated rings. The van der Waals surface area contributed by atoms with E-state index in [9.17, 15) is 19.7 Å². The molecule has 0 bridgehead atoms. The zero-order chi connectivity index (χ0) is 23.5. The van der Waals surface area contributed by atoms with Crippen molar-refractivity contribution < 1.29 is 19.2 Å². The first kappa shape index (κ1) is 21.7. The summed E-state index contributed by atoms with van der Waals surface area (Å²) in [5.74, 6) is -0.697. The monoisotopic (exact) mass is 440 g/mol. The lowest BCUT2D eigenvalue weighted by Gasteiger charge is -2.21. The minimum absolute atomic E-state index is 0.0156. The summed E-state index contributed by atoms with van der Waals surface area (Å²) in [5, 5.41) is 10.9. The predicted molar refractivity (Wildman–Crippen MR) is 125 cm³/mol. The Labute approximate surface area is 190 Å². The van der Waals surface area contributed by atoms with Gasteiger partial charge in [0.2, 0.25) is 0 Å². The smallest absolute Gasteiger partial charge is 0.337 e. The number of nitro groups is 1. The molecule has 7 nitrogen and oxygen atoms in total. The largest absolute Gasteiger partial charge is 0.465 e. The van der Waals surface area contributed by atoms with Crippen LogP contribution in [0.1, 0.15) is 27.0 Å². The van der Waals surface area contributed by atoms with Crippen LogP contribution >= 0.6 is 0 Å². The van der Waals surface area contributed by atoms with E-state index in [1.165, 1.54) is 19.2 Å². The van der Waals surface area contributed by atoms with Gasteiger partial charge in [-0.15, -0.1) is 0 Å². The number of methoxy groups -OCH3 is 1. The Morgan fingerprint density at radius 1 is 0.970 bits per heavy atom. The van der Waals surface area contributed by atoms with Gasteiger partial charge >= 0.3 is 5.97 Å². The standard InChI is InChI=1S/C26H20N2O5/c1-17-3-7-19(8-4-17)24-16-21(15-18-5-11-23(12-6-18)28(31)32)25(29)27(24)22-13-9-20(10-14-22)26(30)33-2/h3-16H,1-2H3/b21-15+. The van der Waals surface area contributed by atoms with Gasteiger partial charge in [0.1, 0.15) is 0 Å². The number of carbonyl (C=O) groups is 2. The van der Waals surface area contributed by atoms with Crippen molar-refractivity contribution >= 4 is 35.0 Å². The van der Waals surface area contributed by atoms with E-state index in [1.807, 2.05) is 31.2 Å². The minimum Gasteiger partial charge on any atom is -0.465 e. The number of benzene rings is 3. The Morgan fingerprint density at radius 3 is 2.18 bits per heavy atom. The summed E-state index contributed by atoms with van der Waals surface area (Å²) < 4.78 is 4.75. The molecule has 3 aromatic rings. The summed E-state index contributed by atoms with van der Waals surface area (Å²) in [6.45, 7) is 1.99. The minimum atomic E-state index is -0.466. The second-order valence-electron chi connectivity index (χ2n) is 7.52. The number of carbonyl (C=O) groups excluding carboxylic acids is 2. The molecule has 164 valence electrons. The van der Waals surface area contributed by atoms with E-state index in [0.717, 1.165) is 11.1 Å². The number of nitro benzene ring substituents is 1. The van der Waals surface area contributed by atoms with Crippen molar-refractivity contribution in [2.75, 3.05) is 12.0 Å². The predicted octanol–water partition coefficient (Wildman–Crippen LogP) is 5.16. The second kappa shape index (κ2) is 8.92. The van der Waals surface area contributed by atoms with Crippen LogP contribution in [0.25, 0.3) is 11.8 Å². The zero-order valence-electron chi connectivity index (χ0n) is 18.0. The van der Waals surface area contributed by atoms with Crippen LogP contribution in [0.2, 0.25) is 0 Å². The highest BCUT2D eigenvalue weighted by Crippen LogP contribution is 2.35. The van der Waals surface area contributed by atoms with E-state index < -0.39 is 10.9 Å². The molecule has 0 aromatic heterocycles. The molecule has 1 amide bonds. The Bertz CT molecular complexity index is 1290. The van der Waals surface area contributed by atoms with Crippen LogP contribution in [0.4, 0.5) is 11.4 Å². The molecule has 33 heavy (non-hydrogen) atoms. The number of hydrogen-bond donors (Lipinski definition) is 0. The number of anilines is 1. The van der Waals surface area contributed by atoms with Crippen molar-refractivity contribution in [2.24, 2.45) is 0 Å². The molecule has 0 N–H and O–H groups in total. The van der Waals surface area contributed by atoms with Gasteiger partial charge in [0.25, 0.3) is 11.6 Å². The fourth-order valence-electron chi connectivity index (χ4n) is 3.54. The maximum Gasteiger partial charge on any atom is 0.337 e. The molecule has 1 aliphatic heterocycles. The molecule has 0 aliphatic carbocycles. The normalized spacial score (nSPS) is 14.4. The summed E-state index contributed by atoms with van der Waals surface area (Å²) >= 11 is 0. The van der Waals surface area contributed by atoms with Crippen LogP contribution in [-0.2, 0) is 9.53 Å². The van der Waals surface area contributed by atoms with Crippen molar-refractivity contribution in [3.8, 4) is 0 Å². The number of hydrogen-bond acceptors (Lipinski definition) is 5. The lowest BCUT2D eigenvalue weighted by molar-refractivity contribution is -0.384. The molecule has 7 heteroatoms. The molecule has 1 aliphatic rings. The van der Waals surface area contributed by atoms with Crippen LogP contribution in [0, 0.1) is 17.0 Å². The lowest BCUT2D eigenvalue weighted by Crippen LogP contribution is -2.25. The number of aryl methyl sites for hydroxylation is 1. The van der Waals surface area contributed by atoms with E-state index in [2.05, 4.69) is 0 Å². The van der Waals surface area contributed by atoms with E-state index in [-0.39, 0.29) is 11.6 Å². The summed E-state index contributed by atoms with van der Waals surface area (Å²) in [6.07, 6.45) is 3.49. The maximum absolute atomic E-state index is 13.4. The average molecular weight is 440 g/mol. The summed E-state index contributed by atoms with van der Waals surface area (Å²) in [5.41, 5.74) is 4.74. The molecule has 4 rings (SSSR count). The molecule has 1 heterocycles. The Balaban J connectivity index is 1.75. The number of nitrogens with zero attached hydrogens (tertiary/aromatic N) is 2. The van der Waals surface area contributed by atoms with Crippen LogP contribution in [0.15, 0.2) is 84.4 Å². The van der Waals surface area contributed by atoms with Gasteiger partial charge in [-0.2, -0.15) is 0 Å². The molecule has 0 radical (unpaired) electrons. The molecule has 0 saturated carbocycles. The first-order valence-electron chi connectivity index (χ1n) is 10.1. The fraction of sp³-hybridized carbons (Fsp3) is 0.0769. The number of rotatable bonds is 5. The topological polar surface area (TPSA) is 89.8 Å². The van der Waals surface area contributed by atoms with Gasteiger partial charge in [0.15, 0.2) is 0 Å². The van der Waals surface area contributed by atoms with Gasteiger partial charge in [-0.25, -0.2) is 4.79 Å². The van der Waals surface area contributed by atoms with Crippen molar-refractivity contribution in [1.29, 1.82) is 0 Å². The number of ether oxygens (including phenoxy) is 1. The van der Waals surface area contributed by atoms with Crippen molar-refractivity contribution in [1.82, 2.24) is 0 Å². The van der Waals surface area contributed by atoms with Crippen LogP contribution < -0.4 is 4.90 Å². The van der Waals surface area contributed by atoms with Gasteiger partial charge in [-0.3, -0.25) is 19.8 Å².